The Labute approximate surface area is 196 Å². The Kier molecular flexibility index (Phi) is 6.50. The number of benzene rings is 1. The second-order valence-electron chi connectivity index (χ2n) is 9.67. The topological polar surface area (TPSA) is 88.6 Å². The maximum Gasteiger partial charge on any atom is 0.389 e. The van der Waals surface area contributed by atoms with E-state index < -0.39 is 35.9 Å². The number of alkyl halides is 3. The molecule has 3 N–H and O–H groups in total. The van der Waals surface area contributed by atoms with Crippen LogP contribution in [0.3, 0.4) is 0 Å². The molecule has 2 fully saturated rings. The van der Waals surface area contributed by atoms with Gasteiger partial charge in [0.05, 0.1) is 24.3 Å². The molecular weight excluding hydrogens is 447 g/mol. The number of likely N-dealkylation sites (tertiary alicyclic amines) is 1. The third-order valence-electron chi connectivity index (χ3n) is 7.49. The molecule has 2 heterocycles. The number of pyridine rings is 1. The largest absolute Gasteiger partial charge is 0.397 e. The maximum absolute atomic E-state index is 13.0. The van der Waals surface area contributed by atoms with Crippen LogP contribution in [0.25, 0.3) is 11.1 Å². The van der Waals surface area contributed by atoms with Crippen LogP contribution in [0.15, 0.2) is 47.4 Å². The molecule has 4 rings (SSSR count). The number of hydrogen-bond donors (Lipinski definition) is 2. The molecule has 1 spiro atoms. The van der Waals surface area contributed by atoms with E-state index in [1.54, 1.807) is 6.20 Å². The Hall–Kier alpha value is -2.81. The number of nitrogens with two attached hydrogens (primary N) is 1. The van der Waals surface area contributed by atoms with Crippen LogP contribution in [0.4, 0.5) is 18.9 Å². The zero-order chi connectivity index (χ0) is 24.6. The summed E-state index contributed by atoms with van der Waals surface area (Å²) in [5, 5.41) is 11.8. The van der Waals surface area contributed by atoms with Crippen LogP contribution in [-0.2, 0) is 11.3 Å². The number of hydrogen-bond acceptors (Lipinski definition) is 4. The number of carbonyl (C=O) groups excluding carboxylic acids is 1. The lowest BCUT2D eigenvalue weighted by atomic mass is 9.65. The predicted molar refractivity (Wildman–Crippen MR) is 123 cm³/mol. The maximum atomic E-state index is 13.0. The highest BCUT2D eigenvalue weighted by Gasteiger charge is 2.55. The Morgan fingerprint density at radius 3 is 2.44 bits per heavy atom. The van der Waals surface area contributed by atoms with Crippen molar-refractivity contribution in [2.75, 3.05) is 18.8 Å². The van der Waals surface area contributed by atoms with Crippen molar-refractivity contribution in [3.63, 3.8) is 0 Å². The van der Waals surface area contributed by atoms with Crippen LogP contribution in [0.1, 0.15) is 44.9 Å². The van der Waals surface area contributed by atoms with Crippen LogP contribution in [0.2, 0.25) is 0 Å². The van der Waals surface area contributed by atoms with E-state index in [0.29, 0.717) is 24.1 Å². The second-order valence-corrected chi connectivity index (χ2v) is 9.67. The summed E-state index contributed by atoms with van der Waals surface area (Å²) in [7, 11) is 0. The van der Waals surface area contributed by atoms with Crippen LogP contribution < -0.4 is 11.3 Å². The first kappa shape index (κ1) is 24.3. The lowest BCUT2D eigenvalue weighted by molar-refractivity contribution is -0.166. The monoisotopic (exact) mass is 477 g/mol. The molecule has 1 atom stereocenters. The summed E-state index contributed by atoms with van der Waals surface area (Å²) < 4.78 is 39.2. The fourth-order valence-electron chi connectivity index (χ4n) is 5.58. The number of carbonyl (C=O) groups is 1. The molecule has 1 aromatic carbocycles. The number of rotatable bonds is 5. The van der Waals surface area contributed by atoms with Crippen molar-refractivity contribution in [3.05, 3.63) is 52.9 Å². The summed E-state index contributed by atoms with van der Waals surface area (Å²) in [6, 6.07) is 10.8. The molecule has 1 unspecified atom stereocenters. The molecule has 1 aliphatic heterocycles. The summed E-state index contributed by atoms with van der Waals surface area (Å²) in [4.78, 5) is 26.9. The molecule has 0 radical (unpaired) electrons. The third kappa shape index (κ3) is 4.85. The molecule has 9 heteroatoms. The van der Waals surface area contributed by atoms with Gasteiger partial charge in [0.2, 0.25) is 5.91 Å². The molecule has 184 valence electrons. The number of aromatic nitrogens is 1. The zero-order valence-corrected chi connectivity index (χ0v) is 19.0. The van der Waals surface area contributed by atoms with Crippen molar-refractivity contribution < 1.29 is 23.1 Å². The Morgan fingerprint density at radius 1 is 1.12 bits per heavy atom. The molecule has 1 saturated heterocycles. The van der Waals surface area contributed by atoms with Gasteiger partial charge in [0, 0.05) is 42.8 Å². The van der Waals surface area contributed by atoms with Crippen LogP contribution in [0, 0.1) is 5.41 Å². The molecule has 2 aliphatic rings. The van der Waals surface area contributed by atoms with Crippen molar-refractivity contribution in [1.29, 1.82) is 0 Å². The van der Waals surface area contributed by atoms with E-state index in [2.05, 4.69) is 0 Å². The van der Waals surface area contributed by atoms with E-state index in [-0.39, 0.29) is 31.6 Å². The molecule has 1 saturated carbocycles. The Morgan fingerprint density at radius 2 is 1.79 bits per heavy atom. The van der Waals surface area contributed by atoms with Crippen LogP contribution >= 0.6 is 0 Å². The van der Waals surface area contributed by atoms with Crippen molar-refractivity contribution >= 4 is 11.6 Å². The predicted octanol–water partition coefficient (Wildman–Crippen LogP) is 3.96. The standard InChI is InChI=1S/C25H30F3N3O3/c26-25(27,28)11-8-21(32)30-13-12-24(34,23(16-30)9-4-5-10-23)17-31-15-20(29)19(14-22(31)33)18-6-2-1-3-7-18/h1-3,6-7,14-15,34H,4-5,8-13,16-17,29H2. The fraction of sp³-hybridized carbons (Fsp3) is 0.520. The van der Waals surface area contributed by atoms with E-state index in [9.17, 15) is 27.9 Å². The van der Waals surface area contributed by atoms with Gasteiger partial charge in [0.15, 0.2) is 0 Å². The number of halogens is 3. The first-order valence-corrected chi connectivity index (χ1v) is 11.6. The van der Waals surface area contributed by atoms with Gasteiger partial charge in [-0.2, -0.15) is 13.2 Å². The van der Waals surface area contributed by atoms with Crippen molar-refractivity contribution in [3.8, 4) is 11.1 Å². The highest BCUT2D eigenvalue weighted by atomic mass is 19.4. The molecule has 0 bridgehead atoms. The molecule has 1 aromatic heterocycles. The normalized spacial score (nSPS) is 22.3. The highest BCUT2D eigenvalue weighted by Crippen LogP contribution is 2.51. The number of piperidine rings is 1. The fourth-order valence-corrected chi connectivity index (χ4v) is 5.58. The summed E-state index contributed by atoms with van der Waals surface area (Å²) in [5.41, 5.74) is 5.89. The van der Waals surface area contributed by atoms with Crippen LogP contribution in [-0.4, -0.2) is 45.3 Å². The van der Waals surface area contributed by atoms with Gasteiger partial charge in [0.1, 0.15) is 0 Å². The van der Waals surface area contributed by atoms with Crippen LogP contribution in [0.5, 0.6) is 0 Å². The van der Waals surface area contributed by atoms with Crippen molar-refractivity contribution in [2.24, 2.45) is 5.41 Å². The minimum Gasteiger partial charge on any atom is -0.397 e. The number of nitrogen functional groups attached to an aromatic ring is 1. The molecule has 2 aromatic rings. The number of nitrogens with zero attached hydrogens (tertiary/aromatic N) is 2. The quantitative estimate of drug-likeness (QED) is 0.682. The van der Waals surface area contributed by atoms with E-state index in [1.807, 2.05) is 30.3 Å². The van der Waals surface area contributed by atoms with E-state index >= 15 is 0 Å². The van der Waals surface area contributed by atoms with Gasteiger partial charge >= 0.3 is 6.18 Å². The van der Waals surface area contributed by atoms with Crippen molar-refractivity contribution in [2.45, 2.75) is 63.3 Å². The lowest BCUT2D eigenvalue weighted by Crippen LogP contribution is -2.62. The highest BCUT2D eigenvalue weighted by molar-refractivity contribution is 5.76. The molecular formula is C25H30F3N3O3. The minimum atomic E-state index is -4.38. The summed E-state index contributed by atoms with van der Waals surface area (Å²) >= 11 is 0. The van der Waals surface area contributed by atoms with Gasteiger partial charge in [-0.25, -0.2) is 0 Å². The minimum absolute atomic E-state index is 0.0235. The number of aliphatic hydroxyl groups is 1. The van der Waals surface area contributed by atoms with Gasteiger partial charge in [-0.05, 0) is 24.8 Å². The Balaban J connectivity index is 1.57. The van der Waals surface area contributed by atoms with Gasteiger partial charge < -0.3 is 20.3 Å². The van der Waals surface area contributed by atoms with Gasteiger partial charge in [-0.15, -0.1) is 0 Å². The molecule has 6 nitrogen and oxygen atoms in total. The number of anilines is 1. The lowest BCUT2D eigenvalue weighted by Gasteiger charge is -2.52. The Bertz CT molecular complexity index is 1090. The number of amides is 1. The van der Waals surface area contributed by atoms with Gasteiger partial charge in [0.25, 0.3) is 5.56 Å². The summed E-state index contributed by atoms with van der Waals surface area (Å²) in [5.74, 6) is -0.542. The first-order valence-electron chi connectivity index (χ1n) is 11.6. The zero-order valence-electron chi connectivity index (χ0n) is 19.0. The third-order valence-corrected chi connectivity index (χ3v) is 7.49. The smallest absolute Gasteiger partial charge is 0.389 e. The van der Waals surface area contributed by atoms with E-state index in [0.717, 1.165) is 18.4 Å². The molecule has 34 heavy (non-hydrogen) atoms. The average molecular weight is 478 g/mol. The summed E-state index contributed by atoms with van der Waals surface area (Å²) in [6.07, 6.45) is -1.36. The first-order chi connectivity index (χ1) is 16.0. The van der Waals surface area contributed by atoms with Crippen molar-refractivity contribution in [1.82, 2.24) is 9.47 Å². The molecule has 1 aliphatic carbocycles. The van der Waals surface area contributed by atoms with E-state index in [4.69, 9.17) is 5.73 Å². The SMILES string of the molecule is Nc1cn(CC2(O)CCN(C(=O)CCC(F)(F)F)CC23CCCC3)c(=O)cc1-c1ccccc1. The summed E-state index contributed by atoms with van der Waals surface area (Å²) in [6.45, 7) is 0.378. The molecule has 1 amide bonds. The van der Waals surface area contributed by atoms with E-state index in [1.165, 1.54) is 15.5 Å². The average Bonchev–Trinajstić information content (AvgIpc) is 3.26. The van der Waals surface area contributed by atoms with Gasteiger partial charge in [-0.3, -0.25) is 9.59 Å². The van der Waals surface area contributed by atoms with Gasteiger partial charge in [-0.1, -0.05) is 43.2 Å². The second kappa shape index (κ2) is 9.09.